The Kier molecular flexibility index (Phi) is 6.93. The smallest absolute Gasteiger partial charge is 0.411 e. The van der Waals surface area contributed by atoms with Gasteiger partial charge in [0.05, 0.1) is 31.5 Å². The van der Waals surface area contributed by atoms with E-state index in [0.29, 0.717) is 40.1 Å². The van der Waals surface area contributed by atoms with Gasteiger partial charge in [0.1, 0.15) is 17.4 Å². The van der Waals surface area contributed by atoms with Crippen LogP contribution < -0.4 is 10.1 Å². The van der Waals surface area contributed by atoms with Gasteiger partial charge in [-0.1, -0.05) is 32.4 Å². The fraction of sp³-hybridized carbons (Fsp3) is 0.429. The van der Waals surface area contributed by atoms with Crippen molar-refractivity contribution in [3.8, 4) is 17.1 Å². The molecule has 0 aliphatic carbocycles. The fourth-order valence-electron chi connectivity index (χ4n) is 2.94. The molecule has 2 heterocycles. The molecular formula is C21H26ClN5O5. The predicted octanol–water partition coefficient (Wildman–Crippen LogP) is 4.19. The van der Waals surface area contributed by atoms with E-state index in [9.17, 15) is 9.59 Å². The number of anilines is 1. The van der Waals surface area contributed by atoms with Crippen molar-refractivity contribution >= 4 is 35.0 Å². The van der Waals surface area contributed by atoms with Crippen LogP contribution in [0.25, 0.3) is 17.0 Å². The minimum atomic E-state index is -0.723. The second kappa shape index (κ2) is 9.47. The largest absolute Gasteiger partial charge is 0.492 e. The Hall–Kier alpha value is -3.27. The number of ether oxygens (including phenoxy) is 3. The van der Waals surface area contributed by atoms with Crippen LogP contribution in [0.4, 0.5) is 10.5 Å². The van der Waals surface area contributed by atoms with E-state index in [-0.39, 0.29) is 18.4 Å². The van der Waals surface area contributed by atoms with Crippen molar-refractivity contribution in [3.05, 3.63) is 28.9 Å². The zero-order valence-corrected chi connectivity index (χ0v) is 19.4. The monoisotopic (exact) mass is 463 g/mol. The number of esters is 1. The Morgan fingerprint density at radius 1 is 1.25 bits per heavy atom. The number of rotatable bonds is 7. The molecule has 2 aromatic heterocycles. The summed E-state index contributed by atoms with van der Waals surface area (Å²) in [6.45, 7) is 8.21. The van der Waals surface area contributed by atoms with Crippen molar-refractivity contribution in [1.82, 2.24) is 19.8 Å². The molecule has 0 aliphatic heterocycles. The number of H-pyrrole nitrogens is 1. The van der Waals surface area contributed by atoms with E-state index >= 15 is 0 Å². The maximum atomic E-state index is 12.2. The van der Waals surface area contributed by atoms with Crippen LogP contribution in [0.3, 0.4) is 0 Å². The Morgan fingerprint density at radius 3 is 2.62 bits per heavy atom. The Morgan fingerprint density at radius 2 is 2.00 bits per heavy atom. The molecule has 0 fully saturated rings. The van der Waals surface area contributed by atoms with Crippen molar-refractivity contribution < 1.29 is 23.8 Å². The summed E-state index contributed by atoms with van der Waals surface area (Å²) >= 11 is 6.51. The summed E-state index contributed by atoms with van der Waals surface area (Å²) in [6, 6.07) is 5.22. The highest BCUT2D eigenvalue weighted by atomic mass is 35.5. The highest BCUT2D eigenvalue weighted by Gasteiger charge is 2.25. The van der Waals surface area contributed by atoms with Crippen molar-refractivity contribution in [3.63, 3.8) is 0 Å². The number of carbonyl (C=O) groups excluding carboxylic acids is 2. The van der Waals surface area contributed by atoms with Gasteiger partial charge in [-0.2, -0.15) is 5.10 Å². The van der Waals surface area contributed by atoms with Gasteiger partial charge in [-0.3, -0.25) is 10.1 Å². The second-order valence-electron chi connectivity index (χ2n) is 7.96. The summed E-state index contributed by atoms with van der Waals surface area (Å²) in [5.74, 6) is 0.511. The number of nitrogens with one attached hydrogen (secondary N) is 2. The molecule has 0 unspecified atom stereocenters. The molecule has 1 aromatic carbocycles. The Bertz CT molecular complexity index is 1130. The third-order valence-electron chi connectivity index (χ3n) is 4.51. The molecule has 0 aliphatic rings. The number of aromatic nitrogens is 4. The summed E-state index contributed by atoms with van der Waals surface area (Å²) < 4.78 is 16.6. The minimum absolute atomic E-state index is 0.0359. The molecule has 0 bridgehead atoms. The molecule has 0 saturated carbocycles. The third kappa shape index (κ3) is 5.13. The highest BCUT2D eigenvalue weighted by Crippen LogP contribution is 2.33. The zero-order chi connectivity index (χ0) is 23.5. The predicted molar refractivity (Wildman–Crippen MR) is 119 cm³/mol. The molecule has 0 radical (unpaired) electrons. The van der Waals surface area contributed by atoms with Gasteiger partial charge >= 0.3 is 12.1 Å². The van der Waals surface area contributed by atoms with Crippen LogP contribution in [0.5, 0.6) is 5.75 Å². The molecule has 3 rings (SSSR count). The Labute approximate surface area is 190 Å². The van der Waals surface area contributed by atoms with Gasteiger partial charge in [-0.25, -0.2) is 4.79 Å². The van der Waals surface area contributed by atoms with E-state index in [1.807, 2.05) is 27.7 Å². The quantitative estimate of drug-likeness (QED) is 0.504. The van der Waals surface area contributed by atoms with Crippen LogP contribution in [0.15, 0.2) is 18.2 Å². The number of nitrogens with zero attached hydrogens (tertiary/aromatic N) is 3. The molecule has 11 heteroatoms. The summed E-state index contributed by atoms with van der Waals surface area (Å²) in [6.07, 6.45) is -0.759. The standard InChI is InChI=1S/C21H26ClN5O5/c1-6-31-14-8-7-12(11-13(14)23-20(29)32-10-9-15(28)30-5)18-24-19-16(22)17(21(2,3)4)25-27(19)26-18/h7-8,11H,6,9-10H2,1-5H3,(H,23,29)(H,24,26). The van der Waals surface area contributed by atoms with Gasteiger partial charge in [-0.15, -0.1) is 9.73 Å². The first-order valence-electron chi connectivity index (χ1n) is 10.1. The molecule has 10 nitrogen and oxygen atoms in total. The number of aromatic amines is 1. The molecule has 172 valence electrons. The van der Waals surface area contributed by atoms with E-state index in [1.165, 1.54) is 11.7 Å². The zero-order valence-electron chi connectivity index (χ0n) is 18.6. The first-order valence-corrected chi connectivity index (χ1v) is 10.4. The van der Waals surface area contributed by atoms with Crippen LogP contribution in [0.1, 0.15) is 39.8 Å². The number of hydrogen-bond donors (Lipinski definition) is 2. The lowest BCUT2D eigenvalue weighted by atomic mass is 9.92. The lowest BCUT2D eigenvalue weighted by Crippen LogP contribution is -2.17. The SMILES string of the molecule is CCOc1ccc(-c2nn3nc(C(C)(C)C)c(Cl)c3[nH]2)cc1NC(=O)OCCC(=O)OC. The van der Waals surface area contributed by atoms with E-state index in [0.717, 1.165) is 5.69 Å². The van der Waals surface area contributed by atoms with Gasteiger partial charge in [-0.05, 0) is 25.1 Å². The minimum Gasteiger partial charge on any atom is -0.492 e. The van der Waals surface area contributed by atoms with Crippen LogP contribution >= 0.6 is 11.6 Å². The molecular weight excluding hydrogens is 438 g/mol. The number of benzene rings is 1. The van der Waals surface area contributed by atoms with E-state index in [2.05, 4.69) is 25.2 Å². The summed E-state index contributed by atoms with van der Waals surface area (Å²) in [5, 5.41) is 12.1. The number of halogens is 1. The normalized spacial score (nSPS) is 11.4. The van der Waals surface area contributed by atoms with Gasteiger partial charge in [0, 0.05) is 11.0 Å². The maximum Gasteiger partial charge on any atom is 0.411 e. The lowest BCUT2D eigenvalue weighted by molar-refractivity contribution is -0.141. The summed E-state index contributed by atoms with van der Waals surface area (Å²) in [4.78, 5) is 26.5. The number of methoxy groups -OCH3 is 1. The van der Waals surface area contributed by atoms with Gasteiger partial charge in [0.15, 0.2) is 11.5 Å². The summed E-state index contributed by atoms with van der Waals surface area (Å²) in [5.41, 5.74) is 2.17. The summed E-state index contributed by atoms with van der Waals surface area (Å²) in [7, 11) is 1.27. The maximum absolute atomic E-state index is 12.2. The first-order chi connectivity index (χ1) is 15.1. The van der Waals surface area contributed by atoms with Crippen LogP contribution in [-0.4, -0.2) is 52.2 Å². The van der Waals surface area contributed by atoms with Gasteiger partial charge < -0.3 is 19.2 Å². The lowest BCUT2D eigenvalue weighted by Gasteiger charge is -2.14. The third-order valence-corrected chi connectivity index (χ3v) is 4.87. The topological polar surface area (TPSA) is 120 Å². The van der Waals surface area contributed by atoms with E-state index in [1.54, 1.807) is 18.2 Å². The molecule has 3 aromatic rings. The van der Waals surface area contributed by atoms with Gasteiger partial charge in [0.25, 0.3) is 0 Å². The van der Waals surface area contributed by atoms with Crippen LogP contribution in [0, 0.1) is 0 Å². The second-order valence-corrected chi connectivity index (χ2v) is 8.33. The molecule has 2 N–H and O–H groups in total. The average molecular weight is 464 g/mol. The van der Waals surface area contributed by atoms with Crippen molar-refractivity contribution in [2.24, 2.45) is 0 Å². The van der Waals surface area contributed by atoms with Crippen molar-refractivity contribution in [2.45, 2.75) is 39.5 Å². The van der Waals surface area contributed by atoms with Crippen LogP contribution in [-0.2, 0) is 19.7 Å². The van der Waals surface area contributed by atoms with Crippen molar-refractivity contribution in [1.29, 1.82) is 0 Å². The number of carbonyl (C=O) groups is 2. The van der Waals surface area contributed by atoms with E-state index in [4.69, 9.17) is 21.1 Å². The fourth-order valence-corrected chi connectivity index (χ4v) is 3.38. The van der Waals surface area contributed by atoms with Crippen molar-refractivity contribution in [2.75, 3.05) is 25.6 Å². The average Bonchev–Trinajstić information content (AvgIpc) is 3.28. The molecule has 32 heavy (non-hydrogen) atoms. The molecule has 0 saturated heterocycles. The number of hydrogen-bond acceptors (Lipinski definition) is 7. The van der Waals surface area contributed by atoms with Crippen LogP contribution in [0.2, 0.25) is 5.02 Å². The molecule has 0 spiro atoms. The Balaban J connectivity index is 1.85. The number of fused-ring (bicyclic) bond motifs is 1. The first kappa shape index (κ1) is 23.4. The van der Waals surface area contributed by atoms with E-state index < -0.39 is 12.1 Å². The number of amides is 1. The molecule has 1 amide bonds. The molecule has 0 atom stereocenters. The highest BCUT2D eigenvalue weighted by molar-refractivity contribution is 6.34. The van der Waals surface area contributed by atoms with Gasteiger partial charge in [0.2, 0.25) is 0 Å².